The van der Waals surface area contributed by atoms with Gasteiger partial charge in [0.15, 0.2) is 5.82 Å². The van der Waals surface area contributed by atoms with E-state index in [2.05, 4.69) is 4.90 Å². The molecule has 2 heterocycles. The number of aromatic nitrogens is 2. The minimum Gasteiger partial charge on any atom is -0.507 e. The van der Waals surface area contributed by atoms with E-state index in [-0.39, 0.29) is 5.75 Å². The molecule has 4 rings (SSSR count). The van der Waals surface area contributed by atoms with E-state index in [9.17, 15) is 5.11 Å². The lowest BCUT2D eigenvalue weighted by Gasteiger charge is -2.28. The minimum absolute atomic E-state index is 0.181. The third-order valence-corrected chi connectivity index (χ3v) is 4.26. The number of morpholine rings is 1. The van der Waals surface area contributed by atoms with Crippen LogP contribution in [0.2, 0.25) is 0 Å². The van der Waals surface area contributed by atoms with Crippen LogP contribution >= 0.6 is 0 Å². The third-order valence-electron chi connectivity index (χ3n) is 4.26. The molecule has 0 atom stereocenters. The highest BCUT2D eigenvalue weighted by Crippen LogP contribution is 2.30. The Hall–Kier alpha value is -2.92. The summed E-state index contributed by atoms with van der Waals surface area (Å²) in [5, 5.41) is 10.2. The molecule has 3 aromatic rings. The second-order valence-electron chi connectivity index (χ2n) is 5.92. The predicted molar refractivity (Wildman–Crippen MR) is 97.6 cm³/mol. The van der Waals surface area contributed by atoms with E-state index >= 15 is 0 Å². The normalized spacial score (nSPS) is 14.5. The molecule has 0 bridgehead atoms. The highest BCUT2D eigenvalue weighted by atomic mass is 16.5. The Balaban J connectivity index is 1.84. The Morgan fingerprint density at radius 2 is 1.60 bits per heavy atom. The zero-order chi connectivity index (χ0) is 17.1. The molecule has 0 aliphatic carbocycles. The number of benzene rings is 2. The van der Waals surface area contributed by atoms with Gasteiger partial charge in [0.2, 0.25) is 0 Å². The Bertz CT molecular complexity index is 862. The molecule has 1 aromatic heterocycles. The number of phenolic OH excluding ortho intramolecular Hbond substituents is 1. The Morgan fingerprint density at radius 1 is 0.880 bits per heavy atom. The van der Waals surface area contributed by atoms with Crippen LogP contribution in [0.15, 0.2) is 60.7 Å². The van der Waals surface area contributed by atoms with Crippen LogP contribution in [0.1, 0.15) is 0 Å². The topological polar surface area (TPSA) is 58.5 Å². The van der Waals surface area contributed by atoms with Gasteiger partial charge in [0.05, 0.1) is 24.5 Å². The van der Waals surface area contributed by atoms with Crippen LogP contribution in [-0.4, -0.2) is 41.4 Å². The van der Waals surface area contributed by atoms with Crippen LogP contribution in [0, 0.1) is 0 Å². The first-order valence-electron chi connectivity index (χ1n) is 8.37. The Labute approximate surface area is 146 Å². The van der Waals surface area contributed by atoms with Gasteiger partial charge in [0.1, 0.15) is 11.6 Å². The number of nitrogens with zero attached hydrogens (tertiary/aromatic N) is 3. The summed E-state index contributed by atoms with van der Waals surface area (Å²) in [7, 11) is 0. The summed E-state index contributed by atoms with van der Waals surface area (Å²) in [4.78, 5) is 11.6. The molecule has 2 aromatic carbocycles. The molecular weight excluding hydrogens is 314 g/mol. The second kappa shape index (κ2) is 6.91. The number of anilines is 1. The van der Waals surface area contributed by atoms with Crippen molar-refractivity contribution in [3.63, 3.8) is 0 Å². The molecule has 0 saturated carbocycles. The lowest BCUT2D eigenvalue weighted by atomic mass is 10.1. The maximum Gasteiger partial charge on any atom is 0.165 e. The predicted octanol–water partition coefficient (Wildman–Crippen LogP) is 3.35. The number of hydrogen-bond acceptors (Lipinski definition) is 5. The quantitative estimate of drug-likeness (QED) is 0.796. The van der Waals surface area contributed by atoms with Crippen molar-refractivity contribution in [3.05, 3.63) is 60.7 Å². The van der Waals surface area contributed by atoms with Gasteiger partial charge in [0.25, 0.3) is 0 Å². The molecule has 0 unspecified atom stereocenters. The fourth-order valence-electron chi connectivity index (χ4n) is 2.93. The lowest BCUT2D eigenvalue weighted by molar-refractivity contribution is 0.122. The van der Waals surface area contributed by atoms with Gasteiger partial charge >= 0.3 is 0 Å². The summed E-state index contributed by atoms with van der Waals surface area (Å²) in [6, 6.07) is 19.2. The van der Waals surface area contributed by atoms with E-state index in [4.69, 9.17) is 14.7 Å². The van der Waals surface area contributed by atoms with Crippen molar-refractivity contribution < 1.29 is 9.84 Å². The van der Waals surface area contributed by atoms with Gasteiger partial charge in [-0.25, -0.2) is 9.97 Å². The van der Waals surface area contributed by atoms with E-state index in [0.29, 0.717) is 24.6 Å². The van der Waals surface area contributed by atoms with Crippen LogP contribution in [0.25, 0.3) is 22.6 Å². The maximum atomic E-state index is 10.2. The average Bonchev–Trinajstić information content (AvgIpc) is 2.69. The van der Waals surface area contributed by atoms with E-state index < -0.39 is 0 Å². The Morgan fingerprint density at radius 3 is 2.36 bits per heavy atom. The monoisotopic (exact) mass is 333 g/mol. The average molecular weight is 333 g/mol. The molecule has 5 heteroatoms. The summed E-state index contributed by atoms with van der Waals surface area (Å²) in [6.45, 7) is 2.98. The molecule has 1 saturated heterocycles. The molecule has 5 nitrogen and oxygen atoms in total. The van der Waals surface area contributed by atoms with Crippen LogP contribution in [0.4, 0.5) is 5.82 Å². The molecule has 1 aliphatic heterocycles. The van der Waals surface area contributed by atoms with Crippen LogP contribution in [-0.2, 0) is 4.74 Å². The van der Waals surface area contributed by atoms with E-state index in [0.717, 1.165) is 30.2 Å². The van der Waals surface area contributed by atoms with Gasteiger partial charge in [-0.2, -0.15) is 0 Å². The maximum absolute atomic E-state index is 10.2. The second-order valence-corrected chi connectivity index (χ2v) is 5.92. The van der Waals surface area contributed by atoms with Crippen molar-refractivity contribution in [3.8, 4) is 28.4 Å². The molecule has 1 fully saturated rings. The van der Waals surface area contributed by atoms with E-state index in [1.54, 1.807) is 12.1 Å². The first kappa shape index (κ1) is 15.6. The number of aromatic hydroxyl groups is 1. The molecule has 126 valence electrons. The molecule has 1 N–H and O–H groups in total. The van der Waals surface area contributed by atoms with Gasteiger partial charge in [-0.3, -0.25) is 0 Å². The van der Waals surface area contributed by atoms with Gasteiger partial charge < -0.3 is 14.7 Å². The summed E-state index contributed by atoms with van der Waals surface area (Å²) < 4.78 is 5.45. The van der Waals surface area contributed by atoms with Crippen molar-refractivity contribution >= 4 is 5.82 Å². The molecule has 0 spiro atoms. The SMILES string of the molecule is Oc1ccccc1-c1nc(-c2ccccc2)cc(N2CCOCC2)n1. The third kappa shape index (κ3) is 3.32. The first-order valence-corrected chi connectivity index (χ1v) is 8.37. The zero-order valence-electron chi connectivity index (χ0n) is 13.8. The van der Waals surface area contributed by atoms with E-state index in [1.807, 2.05) is 48.5 Å². The zero-order valence-corrected chi connectivity index (χ0v) is 13.8. The number of para-hydroxylation sites is 1. The standard InChI is InChI=1S/C20H19N3O2/c24-18-9-5-4-8-16(18)20-21-17(15-6-2-1-3-7-15)14-19(22-20)23-10-12-25-13-11-23/h1-9,14,24H,10-13H2. The summed E-state index contributed by atoms with van der Waals surface area (Å²) in [6.07, 6.45) is 0. The van der Waals surface area contributed by atoms with E-state index in [1.165, 1.54) is 0 Å². The highest BCUT2D eigenvalue weighted by molar-refractivity contribution is 5.70. The van der Waals surface area contributed by atoms with Crippen molar-refractivity contribution in [2.75, 3.05) is 31.2 Å². The summed E-state index contributed by atoms with van der Waals surface area (Å²) in [5.74, 6) is 1.57. The van der Waals surface area contributed by atoms with Gasteiger partial charge in [-0.15, -0.1) is 0 Å². The van der Waals surface area contributed by atoms with Crippen molar-refractivity contribution in [1.82, 2.24) is 9.97 Å². The number of ether oxygens (including phenoxy) is 1. The molecular formula is C20H19N3O2. The fourth-order valence-corrected chi connectivity index (χ4v) is 2.93. The molecule has 1 aliphatic rings. The lowest BCUT2D eigenvalue weighted by Crippen LogP contribution is -2.36. The molecule has 25 heavy (non-hydrogen) atoms. The largest absolute Gasteiger partial charge is 0.507 e. The Kier molecular flexibility index (Phi) is 4.31. The van der Waals surface area contributed by atoms with Crippen molar-refractivity contribution in [1.29, 1.82) is 0 Å². The molecule has 0 radical (unpaired) electrons. The van der Waals surface area contributed by atoms with Crippen LogP contribution < -0.4 is 4.90 Å². The van der Waals surface area contributed by atoms with Crippen LogP contribution in [0.3, 0.4) is 0 Å². The minimum atomic E-state index is 0.181. The van der Waals surface area contributed by atoms with Crippen molar-refractivity contribution in [2.24, 2.45) is 0 Å². The van der Waals surface area contributed by atoms with Crippen LogP contribution in [0.5, 0.6) is 5.75 Å². The summed E-state index contributed by atoms with van der Waals surface area (Å²) >= 11 is 0. The highest BCUT2D eigenvalue weighted by Gasteiger charge is 2.17. The van der Waals surface area contributed by atoms with Gasteiger partial charge in [-0.05, 0) is 12.1 Å². The smallest absolute Gasteiger partial charge is 0.165 e. The van der Waals surface area contributed by atoms with Gasteiger partial charge in [-0.1, -0.05) is 42.5 Å². The first-order chi connectivity index (χ1) is 12.3. The fraction of sp³-hybridized carbons (Fsp3) is 0.200. The summed E-state index contributed by atoms with van der Waals surface area (Å²) in [5.41, 5.74) is 2.50. The van der Waals surface area contributed by atoms with Gasteiger partial charge in [0, 0.05) is 24.7 Å². The molecule has 0 amide bonds. The number of hydrogen-bond donors (Lipinski definition) is 1. The van der Waals surface area contributed by atoms with Crippen molar-refractivity contribution in [2.45, 2.75) is 0 Å². The number of phenols is 1. The number of rotatable bonds is 3.